The van der Waals surface area contributed by atoms with Crippen molar-refractivity contribution in [2.45, 2.75) is 19.5 Å². The van der Waals surface area contributed by atoms with Crippen LogP contribution >= 0.6 is 0 Å². The van der Waals surface area contributed by atoms with Crippen LogP contribution in [0, 0.1) is 5.82 Å². The molecule has 23 heavy (non-hydrogen) atoms. The van der Waals surface area contributed by atoms with Crippen molar-refractivity contribution < 1.29 is 13.9 Å². The van der Waals surface area contributed by atoms with Gasteiger partial charge in [-0.2, -0.15) is 0 Å². The van der Waals surface area contributed by atoms with Crippen LogP contribution in [0.5, 0.6) is 5.75 Å². The van der Waals surface area contributed by atoms with E-state index in [4.69, 9.17) is 4.74 Å². The molecule has 0 aliphatic rings. The van der Waals surface area contributed by atoms with Crippen molar-refractivity contribution in [3.63, 3.8) is 0 Å². The number of carbonyl (C=O) groups is 1. The summed E-state index contributed by atoms with van der Waals surface area (Å²) >= 11 is 0. The summed E-state index contributed by atoms with van der Waals surface area (Å²) in [5, 5.41) is 2.90. The molecule has 0 spiro atoms. The first-order valence-corrected chi connectivity index (χ1v) is 7.39. The van der Waals surface area contributed by atoms with Gasteiger partial charge in [0.25, 0.3) is 0 Å². The van der Waals surface area contributed by atoms with Gasteiger partial charge >= 0.3 is 6.03 Å². The number of carbonyl (C=O) groups excluding carboxylic acids is 1. The van der Waals surface area contributed by atoms with Gasteiger partial charge in [-0.05, 0) is 42.3 Å². The molecule has 2 rings (SSSR count). The second-order valence-corrected chi connectivity index (χ2v) is 5.43. The summed E-state index contributed by atoms with van der Waals surface area (Å²) in [5.41, 5.74) is 1.84. The second kappa shape index (κ2) is 7.63. The van der Waals surface area contributed by atoms with E-state index >= 15 is 0 Å². The molecule has 1 atom stereocenters. The van der Waals surface area contributed by atoms with E-state index in [2.05, 4.69) is 5.32 Å². The smallest absolute Gasteiger partial charge is 0.317 e. The average molecular weight is 316 g/mol. The number of rotatable bonds is 5. The van der Waals surface area contributed by atoms with Crippen molar-refractivity contribution in [3.8, 4) is 5.75 Å². The van der Waals surface area contributed by atoms with Crippen molar-refractivity contribution in [1.82, 2.24) is 10.2 Å². The number of methoxy groups -OCH3 is 1. The van der Waals surface area contributed by atoms with Crippen molar-refractivity contribution in [1.29, 1.82) is 0 Å². The molecule has 0 heterocycles. The molecule has 0 aliphatic heterocycles. The quantitative estimate of drug-likeness (QED) is 0.913. The van der Waals surface area contributed by atoms with Gasteiger partial charge in [-0.15, -0.1) is 0 Å². The minimum atomic E-state index is -0.289. The van der Waals surface area contributed by atoms with Gasteiger partial charge in [0.1, 0.15) is 11.6 Å². The minimum Gasteiger partial charge on any atom is -0.497 e. The zero-order valence-corrected chi connectivity index (χ0v) is 13.5. The largest absolute Gasteiger partial charge is 0.497 e. The Hall–Kier alpha value is -2.56. The summed E-state index contributed by atoms with van der Waals surface area (Å²) in [6, 6.07) is 13.3. The van der Waals surface area contributed by atoms with Gasteiger partial charge in [-0.25, -0.2) is 9.18 Å². The Morgan fingerprint density at radius 1 is 1.26 bits per heavy atom. The standard InChI is InChI=1S/C18H21FN2O2/c1-13(15-7-9-16(19)10-8-15)20-18(22)21(2)12-14-5-4-6-17(11-14)23-3/h4-11,13H,12H2,1-3H3,(H,20,22). The molecule has 2 amide bonds. The Balaban J connectivity index is 1.95. The highest BCUT2D eigenvalue weighted by atomic mass is 19.1. The van der Waals surface area contributed by atoms with E-state index in [0.29, 0.717) is 6.54 Å². The first-order valence-electron chi connectivity index (χ1n) is 7.39. The molecular weight excluding hydrogens is 295 g/mol. The Kier molecular flexibility index (Phi) is 5.57. The molecule has 1 unspecified atom stereocenters. The van der Waals surface area contributed by atoms with E-state index in [1.54, 1.807) is 31.2 Å². The Bertz CT molecular complexity index is 658. The first kappa shape index (κ1) is 16.8. The third-order valence-corrected chi connectivity index (χ3v) is 3.61. The molecule has 0 fully saturated rings. The third-order valence-electron chi connectivity index (χ3n) is 3.61. The molecule has 1 N–H and O–H groups in total. The highest BCUT2D eigenvalue weighted by Gasteiger charge is 2.14. The molecular formula is C18H21FN2O2. The first-order chi connectivity index (χ1) is 11.0. The molecule has 2 aromatic carbocycles. The number of hydrogen-bond acceptors (Lipinski definition) is 2. The van der Waals surface area contributed by atoms with Gasteiger partial charge in [0, 0.05) is 13.6 Å². The Morgan fingerprint density at radius 2 is 1.96 bits per heavy atom. The fraction of sp³-hybridized carbons (Fsp3) is 0.278. The topological polar surface area (TPSA) is 41.6 Å². The SMILES string of the molecule is COc1cccc(CN(C)C(=O)NC(C)c2ccc(F)cc2)c1. The number of nitrogens with zero attached hydrogens (tertiary/aromatic N) is 1. The second-order valence-electron chi connectivity index (χ2n) is 5.43. The van der Waals surface area contributed by atoms with Crippen LogP contribution < -0.4 is 10.1 Å². The number of hydrogen-bond donors (Lipinski definition) is 1. The van der Waals surface area contributed by atoms with Crippen LogP contribution in [0.1, 0.15) is 24.1 Å². The molecule has 0 aromatic heterocycles. The van der Waals surface area contributed by atoms with Gasteiger partial charge in [-0.3, -0.25) is 0 Å². The van der Waals surface area contributed by atoms with E-state index < -0.39 is 0 Å². The van der Waals surface area contributed by atoms with Gasteiger partial charge in [0.2, 0.25) is 0 Å². The lowest BCUT2D eigenvalue weighted by Crippen LogP contribution is -2.38. The number of urea groups is 1. The highest BCUT2D eigenvalue weighted by Crippen LogP contribution is 2.15. The number of halogens is 1. The van der Waals surface area contributed by atoms with Crippen LogP contribution in [-0.4, -0.2) is 25.1 Å². The van der Waals surface area contributed by atoms with E-state index in [0.717, 1.165) is 16.9 Å². The fourth-order valence-electron chi connectivity index (χ4n) is 2.25. The molecule has 0 bridgehead atoms. The van der Waals surface area contributed by atoms with Gasteiger partial charge < -0.3 is 15.0 Å². The fourth-order valence-corrected chi connectivity index (χ4v) is 2.25. The third kappa shape index (κ3) is 4.71. The maximum Gasteiger partial charge on any atom is 0.317 e. The lowest BCUT2D eigenvalue weighted by Gasteiger charge is -2.22. The van der Waals surface area contributed by atoms with Crippen LogP contribution in [-0.2, 0) is 6.54 Å². The highest BCUT2D eigenvalue weighted by molar-refractivity contribution is 5.74. The Morgan fingerprint density at radius 3 is 2.61 bits per heavy atom. The predicted molar refractivity (Wildman–Crippen MR) is 87.8 cm³/mol. The van der Waals surface area contributed by atoms with E-state index in [1.165, 1.54) is 12.1 Å². The number of benzene rings is 2. The summed E-state index contributed by atoms with van der Waals surface area (Å²) in [6.45, 7) is 2.34. The molecule has 5 heteroatoms. The number of amides is 2. The van der Waals surface area contributed by atoms with Crippen LogP contribution in [0.3, 0.4) is 0 Å². The lowest BCUT2D eigenvalue weighted by atomic mass is 10.1. The van der Waals surface area contributed by atoms with Gasteiger partial charge in [-0.1, -0.05) is 24.3 Å². The normalized spacial score (nSPS) is 11.7. The van der Waals surface area contributed by atoms with Crippen molar-refractivity contribution in [2.75, 3.05) is 14.2 Å². The zero-order valence-electron chi connectivity index (χ0n) is 13.5. The summed E-state index contributed by atoms with van der Waals surface area (Å²) in [5.74, 6) is 0.471. The minimum absolute atomic E-state index is 0.190. The maximum atomic E-state index is 12.9. The van der Waals surface area contributed by atoms with Crippen LogP contribution in [0.4, 0.5) is 9.18 Å². The molecule has 0 saturated heterocycles. The van der Waals surface area contributed by atoms with Crippen molar-refractivity contribution in [2.24, 2.45) is 0 Å². The summed E-state index contributed by atoms with van der Waals surface area (Å²) in [7, 11) is 3.34. The average Bonchev–Trinajstić information content (AvgIpc) is 2.55. The van der Waals surface area contributed by atoms with E-state index in [9.17, 15) is 9.18 Å². The van der Waals surface area contributed by atoms with E-state index in [1.807, 2.05) is 31.2 Å². The maximum absolute atomic E-state index is 12.9. The van der Waals surface area contributed by atoms with Crippen LogP contribution in [0.2, 0.25) is 0 Å². The molecule has 0 aliphatic carbocycles. The van der Waals surface area contributed by atoms with Crippen molar-refractivity contribution >= 4 is 6.03 Å². The summed E-state index contributed by atoms with van der Waals surface area (Å²) in [6.07, 6.45) is 0. The van der Waals surface area contributed by atoms with Crippen LogP contribution in [0.15, 0.2) is 48.5 Å². The number of nitrogens with one attached hydrogen (secondary N) is 1. The Labute approximate surface area is 135 Å². The van der Waals surface area contributed by atoms with Gasteiger partial charge in [0.05, 0.1) is 13.2 Å². The molecule has 0 saturated carbocycles. The summed E-state index contributed by atoms with van der Waals surface area (Å²) < 4.78 is 18.1. The molecule has 122 valence electrons. The lowest BCUT2D eigenvalue weighted by molar-refractivity contribution is 0.203. The number of ether oxygens (including phenoxy) is 1. The van der Waals surface area contributed by atoms with Crippen LogP contribution in [0.25, 0.3) is 0 Å². The molecule has 2 aromatic rings. The van der Waals surface area contributed by atoms with Crippen molar-refractivity contribution in [3.05, 3.63) is 65.5 Å². The molecule has 4 nitrogen and oxygen atoms in total. The zero-order chi connectivity index (χ0) is 16.8. The predicted octanol–water partition coefficient (Wildman–Crippen LogP) is 3.74. The monoisotopic (exact) mass is 316 g/mol. The van der Waals surface area contributed by atoms with Gasteiger partial charge in [0.15, 0.2) is 0 Å². The summed E-state index contributed by atoms with van der Waals surface area (Å²) in [4.78, 5) is 13.9. The molecule has 0 radical (unpaired) electrons. The van der Waals surface area contributed by atoms with E-state index in [-0.39, 0.29) is 17.9 Å².